The van der Waals surface area contributed by atoms with Gasteiger partial charge in [0.1, 0.15) is 13.1 Å². The first-order valence-electron chi connectivity index (χ1n) is 9.65. The predicted octanol–water partition coefficient (Wildman–Crippen LogP) is 2.75. The van der Waals surface area contributed by atoms with Crippen molar-refractivity contribution in [1.82, 2.24) is 4.57 Å². The van der Waals surface area contributed by atoms with E-state index < -0.39 is 0 Å². The molecule has 140 valence electrons. The molecule has 0 atom stereocenters. The van der Waals surface area contributed by atoms with E-state index in [2.05, 4.69) is 52.4 Å². The summed E-state index contributed by atoms with van der Waals surface area (Å²) in [6, 6.07) is 20.9. The fourth-order valence-corrected chi connectivity index (χ4v) is 4.44. The Hall–Kier alpha value is -2.21. The van der Waals surface area contributed by atoms with E-state index in [1.807, 2.05) is 18.2 Å². The molecule has 2 aromatic carbocycles. The summed E-state index contributed by atoms with van der Waals surface area (Å²) in [5, 5.41) is 2.23. The van der Waals surface area contributed by atoms with Gasteiger partial charge in [0.25, 0.3) is 0 Å². The van der Waals surface area contributed by atoms with Crippen LogP contribution in [0.25, 0.3) is 11.3 Å². The Bertz CT molecular complexity index is 896. The van der Waals surface area contributed by atoms with Gasteiger partial charge in [-0.15, -0.1) is 11.3 Å². The molecule has 27 heavy (non-hydrogen) atoms. The molecule has 1 fully saturated rings. The monoisotopic (exact) mass is 380 g/mol. The molecule has 0 saturated carbocycles. The van der Waals surface area contributed by atoms with E-state index in [0.29, 0.717) is 0 Å². The summed E-state index contributed by atoms with van der Waals surface area (Å²) in [6.07, 6.45) is 1.15. The number of quaternary nitrogens is 1. The van der Waals surface area contributed by atoms with Gasteiger partial charge in [-0.2, -0.15) is 0 Å². The number of ether oxygens (including phenoxy) is 1. The molecule has 0 aliphatic carbocycles. The van der Waals surface area contributed by atoms with Crippen molar-refractivity contribution in [3.05, 3.63) is 70.8 Å². The van der Waals surface area contributed by atoms with Gasteiger partial charge in [-0.25, -0.2) is 4.99 Å². The second kappa shape index (κ2) is 9.13. The van der Waals surface area contributed by atoms with Crippen LogP contribution < -0.4 is 9.70 Å². The van der Waals surface area contributed by atoms with Crippen molar-refractivity contribution < 1.29 is 9.64 Å². The fourth-order valence-electron chi connectivity index (χ4n) is 3.48. The van der Waals surface area contributed by atoms with Crippen LogP contribution in [0.5, 0.6) is 0 Å². The molecule has 1 aromatic heterocycles. The lowest BCUT2D eigenvalue weighted by Gasteiger charge is -2.23. The van der Waals surface area contributed by atoms with Crippen molar-refractivity contribution in [1.29, 1.82) is 0 Å². The Balaban J connectivity index is 1.59. The van der Waals surface area contributed by atoms with E-state index in [0.717, 1.165) is 49.8 Å². The first-order chi connectivity index (χ1) is 13.4. The molecule has 5 heteroatoms. The highest BCUT2D eigenvalue weighted by Gasteiger charge is 2.14. The first kappa shape index (κ1) is 18.2. The summed E-state index contributed by atoms with van der Waals surface area (Å²) >= 11 is 1.72. The highest BCUT2D eigenvalue weighted by atomic mass is 32.1. The van der Waals surface area contributed by atoms with Gasteiger partial charge < -0.3 is 14.2 Å². The van der Waals surface area contributed by atoms with Crippen molar-refractivity contribution in [3.8, 4) is 11.3 Å². The molecule has 0 unspecified atom stereocenters. The van der Waals surface area contributed by atoms with Crippen LogP contribution in [0.1, 0.15) is 6.42 Å². The van der Waals surface area contributed by atoms with Gasteiger partial charge >= 0.3 is 0 Å². The smallest absolute Gasteiger partial charge is 0.190 e. The predicted molar refractivity (Wildman–Crippen MR) is 110 cm³/mol. The second-order valence-corrected chi connectivity index (χ2v) is 7.67. The summed E-state index contributed by atoms with van der Waals surface area (Å²) in [4.78, 5) is 7.63. The van der Waals surface area contributed by atoms with E-state index in [4.69, 9.17) is 9.73 Å². The van der Waals surface area contributed by atoms with E-state index in [1.165, 1.54) is 17.8 Å². The zero-order chi connectivity index (χ0) is 18.3. The number of hydrogen-bond acceptors (Lipinski definition) is 3. The van der Waals surface area contributed by atoms with Crippen LogP contribution in [0.3, 0.4) is 0 Å². The highest BCUT2D eigenvalue weighted by molar-refractivity contribution is 7.07. The fraction of sp³-hybridized carbons (Fsp3) is 0.318. The topological polar surface area (TPSA) is 31.0 Å². The van der Waals surface area contributed by atoms with Crippen LogP contribution in [0, 0.1) is 0 Å². The molecule has 2 heterocycles. The third-order valence-corrected chi connectivity index (χ3v) is 5.82. The van der Waals surface area contributed by atoms with Crippen LogP contribution in [0.2, 0.25) is 0 Å². The van der Waals surface area contributed by atoms with E-state index in [9.17, 15) is 0 Å². The minimum absolute atomic E-state index is 0.894. The highest BCUT2D eigenvalue weighted by Crippen LogP contribution is 2.20. The molecule has 4 rings (SSSR count). The number of para-hydroxylation sites is 1. The van der Waals surface area contributed by atoms with Crippen LogP contribution in [-0.4, -0.2) is 37.4 Å². The Labute approximate surface area is 164 Å². The Morgan fingerprint density at radius 2 is 1.67 bits per heavy atom. The van der Waals surface area contributed by atoms with Crippen LogP contribution in [-0.2, 0) is 11.3 Å². The number of benzene rings is 2. The molecule has 0 spiro atoms. The van der Waals surface area contributed by atoms with Gasteiger partial charge in [0.15, 0.2) is 4.80 Å². The van der Waals surface area contributed by atoms with Crippen LogP contribution in [0.15, 0.2) is 71.0 Å². The zero-order valence-electron chi connectivity index (χ0n) is 15.5. The average molecular weight is 381 g/mol. The number of hydrogen-bond donors (Lipinski definition) is 1. The molecule has 1 N–H and O–H groups in total. The number of aromatic nitrogens is 1. The number of thiazole rings is 1. The van der Waals surface area contributed by atoms with E-state index in [-0.39, 0.29) is 0 Å². The van der Waals surface area contributed by atoms with Crippen molar-refractivity contribution >= 4 is 17.0 Å². The molecule has 1 saturated heterocycles. The maximum Gasteiger partial charge on any atom is 0.190 e. The molecule has 0 amide bonds. The van der Waals surface area contributed by atoms with Crippen molar-refractivity contribution in [2.24, 2.45) is 4.99 Å². The normalized spacial score (nSPS) is 15.9. The van der Waals surface area contributed by atoms with Crippen molar-refractivity contribution in [2.75, 3.05) is 32.8 Å². The molecular formula is C22H26N3OS+. The van der Waals surface area contributed by atoms with Gasteiger partial charge in [0.05, 0.1) is 31.1 Å². The van der Waals surface area contributed by atoms with Gasteiger partial charge in [0, 0.05) is 18.3 Å². The number of rotatable bonds is 6. The molecular weight excluding hydrogens is 354 g/mol. The van der Waals surface area contributed by atoms with Crippen molar-refractivity contribution in [2.45, 2.75) is 13.0 Å². The number of nitrogens with zero attached hydrogens (tertiary/aromatic N) is 2. The summed E-state index contributed by atoms with van der Waals surface area (Å²) in [5.74, 6) is 0. The second-order valence-electron chi connectivity index (χ2n) is 6.83. The van der Waals surface area contributed by atoms with Gasteiger partial charge in [-0.1, -0.05) is 48.5 Å². The maximum atomic E-state index is 5.47. The summed E-state index contributed by atoms with van der Waals surface area (Å²) in [6.45, 7) is 6.21. The summed E-state index contributed by atoms with van der Waals surface area (Å²) in [7, 11) is 0. The Morgan fingerprint density at radius 1 is 0.963 bits per heavy atom. The van der Waals surface area contributed by atoms with Gasteiger partial charge in [0.2, 0.25) is 0 Å². The molecule has 1 aliphatic rings. The van der Waals surface area contributed by atoms with E-state index >= 15 is 0 Å². The minimum Gasteiger partial charge on any atom is -0.370 e. The number of morpholine rings is 1. The van der Waals surface area contributed by atoms with Crippen LogP contribution >= 0.6 is 11.3 Å². The molecule has 3 aromatic rings. The van der Waals surface area contributed by atoms with E-state index in [1.54, 1.807) is 16.2 Å². The lowest BCUT2D eigenvalue weighted by atomic mass is 10.2. The third kappa shape index (κ3) is 4.75. The summed E-state index contributed by atoms with van der Waals surface area (Å²) in [5.41, 5.74) is 3.51. The molecule has 1 aliphatic heterocycles. The first-order valence-corrected chi connectivity index (χ1v) is 10.5. The maximum absolute atomic E-state index is 5.47. The van der Waals surface area contributed by atoms with Gasteiger partial charge in [-0.05, 0) is 17.7 Å². The molecule has 0 radical (unpaired) electrons. The minimum atomic E-state index is 0.894. The number of nitrogens with one attached hydrogen (secondary N) is 1. The van der Waals surface area contributed by atoms with Crippen LogP contribution in [0.4, 0.5) is 5.69 Å². The molecule has 4 nitrogen and oxygen atoms in total. The zero-order valence-corrected chi connectivity index (χ0v) is 16.3. The van der Waals surface area contributed by atoms with Crippen molar-refractivity contribution in [3.63, 3.8) is 0 Å². The molecule has 0 bridgehead atoms. The Morgan fingerprint density at radius 3 is 2.41 bits per heavy atom. The lowest BCUT2D eigenvalue weighted by Crippen LogP contribution is -3.14. The van der Waals surface area contributed by atoms with Gasteiger partial charge in [-0.3, -0.25) is 0 Å². The lowest BCUT2D eigenvalue weighted by molar-refractivity contribution is -0.908. The third-order valence-electron chi connectivity index (χ3n) is 4.96. The standard InChI is InChI=1S/C22H25N3OS/c1-3-8-19(9-4-1)21-18-27-22(23-20-10-5-2-6-11-20)25(21)13-7-12-24-14-16-26-17-15-24/h1-6,8-11,18H,7,12-17H2/p+1. The Kier molecular flexibility index (Phi) is 6.14. The largest absolute Gasteiger partial charge is 0.370 e. The average Bonchev–Trinajstić information content (AvgIpc) is 3.13. The summed E-state index contributed by atoms with van der Waals surface area (Å²) < 4.78 is 7.86. The quantitative estimate of drug-likeness (QED) is 0.700. The SMILES string of the molecule is c1ccc(N=c2scc(-c3ccccc3)n2CCC[NH+]2CCOCC2)cc1.